The first-order chi connectivity index (χ1) is 15.6. The second-order valence-corrected chi connectivity index (χ2v) is 8.35. The number of carbonyl (C=O) groups is 2. The van der Waals surface area contributed by atoms with Crippen LogP contribution in [0.5, 0.6) is 5.75 Å². The van der Waals surface area contributed by atoms with Gasteiger partial charge in [-0.15, -0.1) is 11.8 Å². The number of ether oxygens (including phenoxy) is 2. The zero-order valence-corrected chi connectivity index (χ0v) is 18.5. The van der Waals surface area contributed by atoms with Crippen LogP contribution in [0.3, 0.4) is 0 Å². The molecular weight excluding hydrogens is 424 g/mol. The van der Waals surface area contributed by atoms with Gasteiger partial charge in [0.1, 0.15) is 17.7 Å². The van der Waals surface area contributed by atoms with Crippen LogP contribution in [-0.2, 0) is 20.9 Å². The molecule has 1 aliphatic rings. The number of anilines is 2. The number of hydrogen-bond donors (Lipinski definition) is 1. The molecule has 1 unspecified atom stereocenters. The SMILES string of the molecule is COc1cccc(N2C(=O)CSC2c2cccc(NC(=O)COCc3ccccc3)c2)c1. The van der Waals surface area contributed by atoms with Crippen molar-refractivity contribution in [3.05, 3.63) is 90.0 Å². The summed E-state index contributed by atoms with van der Waals surface area (Å²) in [5.41, 5.74) is 3.41. The van der Waals surface area contributed by atoms with Crippen molar-refractivity contribution < 1.29 is 19.1 Å². The average molecular weight is 449 g/mol. The molecule has 3 aromatic carbocycles. The maximum atomic E-state index is 12.6. The maximum absolute atomic E-state index is 12.6. The highest BCUT2D eigenvalue weighted by atomic mass is 32.2. The van der Waals surface area contributed by atoms with Crippen LogP contribution in [0.2, 0.25) is 0 Å². The van der Waals surface area contributed by atoms with E-state index in [4.69, 9.17) is 9.47 Å². The van der Waals surface area contributed by atoms with Crippen LogP contribution in [0, 0.1) is 0 Å². The smallest absolute Gasteiger partial charge is 0.250 e. The molecule has 0 radical (unpaired) electrons. The summed E-state index contributed by atoms with van der Waals surface area (Å²) >= 11 is 1.56. The molecule has 6 nitrogen and oxygen atoms in total. The molecule has 0 saturated carbocycles. The predicted octanol–water partition coefficient (Wildman–Crippen LogP) is 4.63. The van der Waals surface area contributed by atoms with Gasteiger partial charge in [-0.2, -0.15) is 0 Å². The van der Waals surface area contributed by atoms with Crippen molar-refractivity contribution in [1.82, 2.24) is 0 Å². The second kappa shape index (κ2) is 10.3. The molecule has 3 aromatic rings. The number of nitrogens with zero attached hydrogens (tertiary/aromatic N) is 1. The summed E-state index contributed by atoms with van der Waals surface area (Å²) in [6, 6.07) is 24.8. The standard InChI is InChI=1S/C25H24N2O4S/c1-30-22-12-6-11-21(14-22)27-24(29)17-32-25(27)19-9-5-10-20(13-19)26-23(28)16-31-15-18-7-3-2-4-8-18/h2-14,25H,15-17H2,1H3,(H,26,28). The Labute approximate surface area is 191 Å². The Kier molecular flexibility index (Phi) is 7.09. The van der Waals surface area contributed by atoms with Gasteiger partial charge in [-0.05, 0) is 35.4 Å². The Hall–Kier alpha value is -3.29. The summed E-state index contributed by atoms with van der Waals surface area (Å²) in [6.45, 7) is 0.344. The third-order valence-electron chi connectivity index (χ3n) is 5.00. The summed E-state index contributed by atoms with van der Waals surface area (Å²) in [5.74, 6) is 0.906. The predicted molar refractivity (Wildman–Crippen MR) is 127 cm³/mol. The summed E-state index contributed by atoms with van der Waals surface area (Å²) in [7, 11) is 1.60. The minimum absolute atomic E-state index is 0.0360. The fourth-order valence-electron chi connectivity index (χ4n) is 3.51. The molecule has 1 N–H and O–H groups in total. The molecule has 32 heavy (non-hydrogen) atoms. The number of amides is 2. The quantitative estimate of drug-likeness (QED) is 0.544. The summed E-state index contributed by atoms with van der Waals surface area (Å²) in [6.07, 6.45) is 0. The van der Waals surface area contributed by atoms with E-state index in [0.29, 0.717) is 23.8 Å². The van der Waals surface area contributed by atoms with E-state index in [1.165, 1.54) is 0 Å². The fraction of sp³-hybridized carbons (Fsp3) is 0.200. The highest BCUT2D eigenvalue weighted by Gasteiger charge is 2.34. The lowest BCUT2D eigenvalue weighted by atomic mass is 10.1. The van der Waals surface area contributed by atoms with Gasteiger partial charge in [-0.1, -0.05) is 48.5 Å². The van der Waals surface area contributed by atoms with E-state index in [1.54, 1.807) is 23.8 Å². The van der Waals surface area contributed by atoms with E-state index in [0.717, 1.165) is 16.8 Å². The third-order valence-corrected chi connectivity index (χ3v) is 6.21. The number of carbonyl (C=O) groups excluding carboxylic acids is 2. The van der Waals surface area contributed by atoms with Gasteiger partial charge in [0.25, 0.3) is 0 Å². The van der Waals surface area contributed by atoms with Crippen molar-refractivity contribution in [2.75, 3.05) is 29.7 Å². The molecule has 0 aliphatic carbocycles. The lowest BCUT2D eigenvalue weighted by Gasteiger charge is -2.25. The normalized spacial score (nSPS) is 15.6. The molecule has 1 saturated heterocycles. The topological polar surface area (TPSA) is 67.9 Å². The minimum atomic E-state index is -0.224. The van der Waals surface area contributed by atoms with E-state index >= 15 is 0 Å². The lowest BCUT2D eigenvalue weighted by molar-refractivity contribution is -0.121. The van der Waals surface area contributed by atoms with Gasteiger partial charge >= 0.3 is 0 Å². The molecule has 2 amide bonds. The van der Waals surface area contributed by atoms with Gasteiger partial charge in [-0.25, -0.2) is 0 Å². The Morgan fingerprint density at radius 2 is 1.88 bits per heavy atom. The molecule has 1 heterocycles. The number of thioether (sulfide) groups is 1. The molecule has 164 valence electrons. The fourth-order valence-corrected chi connectivity index (χ4v) is 4.68. The number of methoxy groups -OCH3 is 1. The van der Waals surface area contributed by atoms with Gasteiger partial charge in [0.15, 0.2) is 0 Å². The Bertz CT molecular complexity index is 1090. The second-order valence-electron chi connectivity index (χ2n) is 7.28. The summed E-state index contributed by atoms with van der Waals surface area (Å²) in [4.78, 5) is 26.7. The lowest BCUT2D eigenvalue weighted by Crippen LogP contribution is -2.27. The van der Waals surface area contributed by atoms with Crippen LogP contribution in [0.25, 0.3) is 0 Å². The van der Waals surface area contributed by atoms with Gasteiger partial charge < -0.3 is 14.8 Å². The monoisotopic (exact) mass is 448 g/mol. The Morgan fingerprint density at radius 1 is 1.06 bits per heavy atom. The first-order valence-corrected chi connectivity index (χ1v) is 11.3. The number of benzene rings is 3. The van der Waals surface area contributed by atoms with Crippen molar-refractivity contribution in [1.29, 1.82) is 0 Å². The molecule has 7 heteroatoms. The molecule has 0 spiro atoms. The zero-order valence-electron chi connectivity index (χ0n) is 17.7. The van der Waals surface area contributed by atoms with Crippen LogP contribution >= 0.6 is 11.8 Å². The molecule has 1 aliphatic heterocycles. The van der Waals surface area contributed by atoms with E-state index in [2.05, 4.69) is 5.32 Å². The molecule has 0 aromatic heterocycles. The van der Waals surface area contributed by atoms with Crippen molar-refractivity contribution >= 4 is 35.0 Å². The first-order valence-electron chi connectivity index (χ1n) is 10.2. The third kappa shape index (κ3) is 5.30. The first kappa shape index (κ1) is 21.9. The molecule has 1 atom stereocenters. The number of rotatable bonds is 8. The molecule has 1 fully saturated rings. The van der Waals surface area contributed by atoms with Crippen molar-refractivity contribution in [3.8, 4) is 5.75 Å². The van der Waals surface area contributed by atoms with Gasteiger partial charge in [-0.3, -0.25) is 14.5 Å². The van der Waals surface area contributed by atoms with Crippen LogP contribution in [0.4, 0.5) is 11.4 Å². The van der Waals surface area contributed by atoms with E-state index < -0.39 is 0 Å². The van der Waals surface area contributed by atoms with E-state index in [1.807, 2.05) is 78.9 Å². The van der Waals surface area contributed by atoms with Crippen molar-refractivity contribution in [3.63, 3.8) is 0 Å². The van der Waals surface area contributed by atoms with Crippen LogP contribution in [0.1, 0.15) is 16.5 Å². The average Bonchev–Trinajstić information content (AvgIpc) is 3.21. The van der Waals surface area contributed by atoms with Crippen LogP contribution in [0.15, 0.2) is 78.9 Å². The highest BCUT2D eigenvalue weighted by molar-refractivity contribution is 8.00. The zero-order chi connectivity index (χ0) is 22.3. The Morgan fingerprint density at radius 3 is 2.69 bits per heavy atom. The van der Waals surface area contributed by atoms with Gasteiger partial charge in [0.2, 0.25) is 11.8 Å². The summed E-state index contributed by atoms with van der Waals surface area (Å²) in [5, 5.41) is 2.70. The van der Waals surface area contributed by atoms with Gasteiger partial charge in [0, 0.05) is 17.4 Å². The summed E-state index contributed by atoms with van der Waals surface area (Å²) < 4.78 is 10.8. The van der Waals surface area contributed by atoms with Crippen LogP contribution < -0.4 is 15.0 Å². The molecular formula is C25H24N2O4S. The molecule has 0 bridgehead atoms. The molecule has 4 rings (SSSR count). The van der Waals surface area contributed by atoms with E-state index in [9.17, 15) is 9.59 Å². The van der Waals surface area contributed by atoms with Crippen molar-refractivity contribution in [2.45, 2.75) is 12.0 Å². The number of hydrogen-bond acceptors (Lipinski definition) is 5. The minimum Gasteiger partial charge on any atom is -0.497 e. The highest BCUT2D eigenvalue weighted by Crippen LogP contribution is 2.42. The van der Waals surface area contributed by atoms with Crippen LogP contribution in [-0.4, -0.2) is 31.3 Å². The number of nitrogens with one attached hydrogen (secondary N) is 1. The van der Waals surface area contributed by atoms with E-state index in [-0.39, 0.29) is 23.8 Å². The van der Waals surface area contributed by atoms with Crippen molar-refractivity contribution in [2.24, 2.45) is 0 Å². The Balaban J connectivity index is 1.42. The maximum Gasteiger partial charge on any atom is 0.250 e. The van der Waals surface area contributed by atoms with Gasteiger partial charge in [0.05, 0.1) is 19.5 Å². The largest absolute Gasteiger partial charge is 0.497 e.